The first-order valence-electron chi connectivity index (χ1n) is 9.54. The molecule has 2 N–H and O–H groups in total. The number of nitrogens with one attached hydrogen (secondary N) is 2. The van der Waals surface area contributed by atoms with Crippen LogP contribution in [0, 0.1) is 5.92 Å². The van der Waals surface area contributed by atoms with Crippen LogP contribution in [0.3, 0.4) is 0 Å². The topological polar surface area (TPSA) is 76.7 Å². The molecule has 0 saturated heterocycles. The van der Waals surface area contributed by atoms with Crippen molar-refractivity contribution in [3.63, 3.8) is 0 Å². The largest absolute Gasteiger partial charge is 0.495 e. The Morgan fingerprint density at radius 1 is 0.700 bits per heavy atom. The molecule has 3 aromatic rings. The molecular weight excluding hydrogens is 380 g/mol. The number of rotatable bonds is 8. The highest BCUT2D eigenvalue weighted by atomic mass is 16.5. The lowest BCUT2D eigenvalue weighted by Gasteiger charge is -2.19. The smallest absolute Gasteiger partial charge is 0.237 e. The molecule has 6 heteroatoms. The highest BCUT2D eigenvalue weighted by molar-refractivity contribution is 6.11. The maximum Gasteiger partial charge on any atom is 0.237 e. The molecule has 0 heterocycles. The number of methoxy groups -OCH3 is 2. The van der Waals surface area contributed by atoms with Crippen LogP contribution in [0.5, 0.6) is 11.5 Å². The van der Waals surface area contributed by atoms with Crippen LogP contribution in [-0.4, -0.2) is 26.0 Å². The molecule has 0 unspecified atom stereocenters. The maximum atomic E-state index is 13.1. The van der Waals surface area contributed by atoms with Gasteiger partial charge in [-0.3, -0.25) is 9.59 Å². The summed E-state index contributed by atoms with van der Waals surface area (Å²) in [5.41, 5.74) is 1.90. The van der Waals surface area contributed by atoms with Crippen molar-refractivity contribution in [3.05, 3.63) is 84.4 Å². The number of ether oxygens (including phenoxy) is 2. The third kappa shape index (κ3) is 5.17. The molecule has 2 amide bonds. The Bertz CT molecular complexity index is 943. The standard InChI is InChI=1S/C24H24N2O4/c1-29-21-14-8-6-12-19(21)25-23(27)18(16-17-10-4-3-5-11-17)24(28)26-20-13-7-9-15-22(20)30-2/h3-15,18H,16H2,1-2H3,(H,25,27)(H,26,28). The van der Waals surface area contributed by atoms with Crippen molar-refractivity contribution in [2.24, 2.45) is 5.92 Å². The molecule has 0 aliphatic carbocycles. The zero-order chi connectivity index (χ0) is 21.3. The van der Waals surface area contributed by atoms with Gasteiger partial charge in [-0.05, 0) is 36.2 Å². The summed E-state index contributed by atoms with van der Waals surface area (Å²) >= 11 is 0. The maximum absolute atomic E-state index is 13.1. The van der Waals surface area contributed by atoms with Crippen molar-refractivity contribution in [1.29, 1.82) is 0 Å². The minimum Gasteiger partial charge on any atom is -0.495 e. The molecule has 0 spiro atoms. The minimum absolute atomic E-state index is 0.253. The van der Waals surface area contributed by atoms with Crippen LogP contribution in [-0.2, 0) is 16.0 Å². The fourth-order valence-electron chi connectivity index (χ4n) is 3.09. The van der Waals surface area contributed by atoms with Crippen molar-refractivity contribution >= 4 is 23.2 Å². The number of anilines is 2. The first kappa shape index (κ1) is 20.9. The number of benzene rings is 3. The fourth-order valence-corrected chi connectivity index (χ4v) is 3.09. The van der Waals surface area contributed by atoms with Gasteiger partial charge < -0.3 is 20.1 Å². The average molecular weight is 404 g/mol. The molecule has 3 aromatic carbocycles. The van der Waals surface area contributed by atoms with Crippen LogP contribution < -0.4 is 20.1 Å². The summed E-state index contributed by atoms with van der Waals surface area (Å²) in [4.78, 5) is 26.2. The van der Waals surface area contributed by atoms with Crippen molar-refractivity contribution in [3.8, 4) is 11.5 Å². The third-order valence-electron chi connectivity index (χ3n) is 4.65. The van der Waals surface area contributed by atoms with E-state index in [9.17, 15) is 9.59 Å². The number of para-hydroxylation sites is 4. The quantitative estimate of drug-likeness (QED) is 0.553. The summed E-state index contributed by atoms with van der Waals surface area (Å²) in [5.74, 6) is -0.752. The Morgan fingerprint density at radius 3 is 1.60 bits per heavy atom. The van der Waals surface area contributed by atoms with Gasteiger partial charge in [-0.2, -0.15) is 0 Å². The second kappa shape index (κ2) is 10.1. The molecular formula is C24H24N2O4. The van der Waals surface area contributed by atoms with Crippen molar-refractivity contribution in [2.75, 3.05) is 24.9 Å². The average Bonchev–Trinajstić information content (AvgIpc) is 2.78. The lowest BCUT2D eigenvalue weighted by Crippen LogP contribution is -2.35. The summed E-state index contributed by atoms with van der Waals surface area (Å²) in [7, 11) is 3.06. The number of hydrogen-bond donors (Lipinski definition) is 2. The van der Waals surface area contributed by atoms with E-state index >= 15 is 0 Å². The first-order valence-corrected chi connectivity index (χ1v) is 9.54. The van der Waals surface area contributed by atoms with E-state index in [0.717, 1.165) is 5.56 Å². The second-order valence-electron chi connectivity index (χ2n) is 6.62. The molecule has 0 aromatic heterocycles. The van der Waals surface area contributed by atoms with E-state index in [0.29, 0.717) is 22.9 Å². The van der Waals surface area contributed by atoms with Crippen molar-refractivity contribution < 1.29 is 19.1 Å². The van der Waals surface area contributed by atoms with E-state index in [4.69, 9.17) is 9.47 Å². The van der Waals surface area contributed by atoms with E-state index in [-0.39, 0.29) is 6.42 Å². The number of carbonyl (C=O) groups is 2. The van der Waals surface area contributed by atoms with E-state index < -0.39 is 17.7 Å². The molecule has 0 saturated carbocycles. The number of carbonyl (C=O) groups excluding carboxylic acids is 2. The van der Waals surface area contributed by atoms with Gasteiger partial charge in [0.2, 0.25) is 11.8 Å². The van der Waals surface area contributed by atoms with Crippen LogP contribution in [0.15, 0.2) is 78.9 Å². The van der Waals surface area contributed by atoms with Gasteiger partial charge in [-0.15, -0.1) is 0 Å². The normalized spacial score (nSPS) is 10.4. The van der Waals surface area contributed by atoms with E-state index in [2.05, 4.69) is 10.6 Å². The molecule has 6 nitrogen and oxygen atoms in total. The van der Waals surface area contributed by atoms with Crippen LogP contribution in [0.1, 0.15) is 5.56 Å². The number of hydrogen-bond acceptors (Lipinski definition) is 4. The van der Waals surface area contributed by atoms with Crippen LogP contribution in [0.25, 0.3) is 0 Å². The molecule has 30 heavy (non-hydrogen) atoms. The highest BCUT2D eigenvalue weighted by Gasteiger charge is 2.28. The number of amides is 2. The van der Waals surface area contributed by atoms with E-state index in [1.807, 2.05) is 42.5 Å². The monoisotopic (exact) mass is 404 g/mol. The molecule has 0 aliphatic heterocycles. The summed E-state index contributed by atoms with van der Waals surface area (Å²) in [6.07, 6.45) is 0.253. The van der Waals surface area contributed by atoms with Crippen LogP contribution in [0.2, 0.25) is 0 Å². The second-order valence-corrected chi connectivity index (χ2v) is 6.62. The molecule has 0 atom stereocenters. The molecule has 0 fully saturated rings. The van der Waals surface area contributed by atoms with Gasteiger partial charge in [-0.25, -0.2) is 0 Å². The molecule has 3 rings (SSSR count). The lowest BCUT2D eigenvalue weighted by atomic mass is 9.97. The third-order valence-corrected chi connectivity index (χ3v) is 4.65. The van der Waals surface area contributed by atoms with E-state index in [1.165, 1.54) is 14.2 Å². The van der Waals surface area contributed by atoms with Gasteiger partial charge in [0, 0.05) is 0 Å². The fraction of sp³-hybridized carbons (Fsp3) is 0.167. The van der Waals surface area contributed by atoms with Gasteiger partial charge >= 0.3 is 0 Å². The SMILES string of the molecule is COc1ccccc1NC(=O)C(Cc1ccccc1)C(=O)Nc1ccccc1OC. The Kier molecular flexibility index (Phi) is 7.05. The molecule has 154 valence electrons. The highest BCUT2D eigenvalue weighted by Crippen LogP contribution is 2.26. The van der Waals surface area contributed by atoms with E-state index in [1.54, 1.807) is 36.4 Å². The molecule has 0 aliphatic rings. The zero-order valence-electron chi connectivity index (χ0n) is 16.9. The summed E-state index contributed by atoms with van der Waals surface area (Å²) in [6, 6.07) is 23.6. The van der Waals surface area contributed by atoms with Gasteiger partial charge in [-0.1, -0.05) is 54.6 Å². The Hall–Kier alpha value is -3.80. The molecule has 0 bridgehead atoms. The predicted molar refractivity (Wildman–Crippen MR) is 117 cm³/mol. The van der Waals surface area contributed by atoms with Gasteiger partial charge in [0.1, 0.15) is 17.4 Å². The minimum atomic E-state index is -0.956. The van der Waals surface area contributed by atoms with Gasteiger partial charge in [0.05, 0.1) is 25.6 Å². The zero-order valence-corrected chi connectivity index (χ0v) is 16.9. The van der Waals surface area contributed by atoms with Crippen molar-refractivity contribution in [1.82, 2.24) is 0 Å². The predicted octanol–water partition coefficient (Wildman–Crippen LogP) is 4.14. The summed E-state index contributed by atoms with van der Waals surface area (Å²) < 4.78 is 10.6. The first-order chi connectivity index (χ1) is 14.6. The van der Waals surface area contributed by atoms with Gasteiger partial charge in [0.15, 0.2) is 0 Å². The molecule has 0 radical (unpaired) electrons. The Balaban J connectivity index is 1.85. The van der Waals surface area contributed by atoms with Crippen LogP contribution in [0.4, 0.5) is 11.4 Å². The summed E-state index contributed by atoms with van der Waals surface area (Å²) in [5, 5.41) is 5.64. The Labute approximate surface area is 175 Å². The van der Waals surface area contributed by atoms with Crippen LogP contribution >= 0.6 is 0 Å². The van der Waals surface area contributed by atoms with Crippen molar-refractivity contribution in [2.45, 2.75) is 6.42 Å². The van der Waals surface area contributed by atoms with Gasteiger partial charge in [0.25, 0.3) is 0 Å². The summed E-state index contributed by atoms with van der Waals surface area (Å²) in [6.45, 7) is 0. The lowest BCUT2D eigenvalue weighted by molar-refractivity contribution is -0.129. The Morgan fingerprint density at radius 2 is 1.13 bits per heavy atom.